The third-order valence-electron chi connectivity index (χ3n) is 2.38. The molecule has 1 aromatic heterocycles. The van der Waals surface area contributed by atoms with Crippen molar-refractivity contribution in [3.63, 3.8) is 0 Å². The monoisotopic (exact) mass is 249 g/mol. The lowest BCUT2D eigenvalue weighted by atomic mass is 9.93. The largest absolute Gasteiger partial charge is 0.418 e. The number of aromatic nitrogens is 2. The van der Waals surface area contributed by atoms with Crippen LogP contribution in [0.5, 0.6) is 0 Å². The zero-order valence-corrected chi connectivity index (χ0v) is 11.0. The van der Waals surface area contributed by atoms with Crippen LogP contribution >= 0.6 is 0 Å². The van der Waals surface area contributed by atoms with Crippen molar-refractivity contribution in [3.8, 4) is 0 Å². The quantitative estimate of drug-likeness (QED) is 0.608. The van der Waals surface area contributed by atoms with Crippen LogP contribution in [-0.2, 0) is 5.41 Å². The Bertz CT molecular complexity index is 480. The van der Waals surface area contributed by atoms with Crippen LogP contribution in [0.15, 0.2) is 27.4 Å². The number of nitrogens with zero attached hydrogens (tertiary/aromatic N) is 3. The van der Waals surface area contributed by atoms with Crippen LogP contribution in [0.4, 0.5) is 0 Å². The van der Waals surface area contributed by atoms with Crippen molar-refractivity contribution in [3.05, 3.63) is 29.8 Å². The van der Waals surface area contributed by atoms with E-state index in [1.54, 1.807) is 0 Å². The van der Waals surface area contributed by atoms with E-state index in [9.17, 15) is 0 Å². The zero-order chi connectivity index (χ0) is 13.8. The van der Waals surface area contributed by atoms with E-state index in [-0.39, 0.29) is 22.8 Å². The average molecular weight is 249 g/mol. The Morgan fingerprint density at radius 1 is 1.44 bits per heavy atom. The highest BCUT2D eigenvalue weighted by atomic mass is 16.4. The Kier molecular flexibility index (Phi) is 4.25. The molecule has 0 unspecified atom stereocenters. The first kappa shape index (κ1) is 14.0. The summed E-state index contributed by atoms with van der Waals surface area (Å²) in [5.41, 5.74) is 10.8. The second-order valence-electron chi connectivity index (χ2n) is 4.41. The van der Waals surface area contributed by atoms with Gasteiger partial charge in [0.05, 0.1) is 5.41 Å². The van der Waals surface area contributed by atoms with Crippen molar-refractivity contribution in [1.82, 2.24) is 10.2 Å². The predicted octanol–water partition coefficient (Wildman–Crippen LogP) is 1.56. The Morgan fingerprint density at radius 3 is 2.61 bits per heavy atom. The number of hydrogen-bond donors (Lipinski definition) is 2. The summed E-state index contributed by atoms with van der Waals surface area (Å²) >= 11 is 0. The van der Waals surface area contributed by atoms with Crippen molar-refractivity contribution in [2.45, 2.75) is 32.6 Å². The minimum Gasteiger partial charge on any atom is -0.418 e. The summed E-state index contributed by atoms with van der Waals surface area (Å²) in [4.78, 5) is 3.68. The van der Waals surface area contributed by atoms with Gasteiger partial charge >= 0.3 is 0 Å². The van der Waals surface area contributed by atoms with Gasteiger partial charge in [0, 0.05) is 0 Å². The van der Waals surface area contributed by atoms with Gasteiger partial charge in [0.1, 0.15) is 5.82 Å². The minimum atomic E-state index is -0.350. The van der Waals surface area contributed by atoms with Gasteiger partial charge in [0.2, 0.25) is 5.89 Å². The maximum absolute atomic E-state index is 5.53. The lowest BCUT2D eigenvalue weighted by molar-refractivity contribution is 0.413. The molecule has 98 valence electrons. The van der Waals surface area contributed by atoms with E-state index >= 15 is 0 Å². The number of rotatable bonds is 5. The molecular weight excluding hydrogens is 230 g/mol. The molecule has 4 N–H and O–H groups in total. The number of aliphatic imine (C=N–C) groups is 1. The Balaban J connectivity index is 3.10. The van der Waals surface area contributed by atoms with E-state index in [1.807, 2.05) is 26.0 Å². The molecular formula is C12H19N5O. The van der Waals surface area contributed by atoms with Crippen molar-refractivity contribution >= 4 is 12.4 Å². The second-order valence-corrected chi connectivity index (χ2v) is 4.41. The van der Waals surface area contributed by atoms with E-state index in [2.05, 4.69) is 28.8 Å². The van der Waals surface area contributed by atoms with Gasteiger partial charge < -0.3 is 15.9 Å². The third kappa shape index (κ3) is 2.97. The van der Waals surface area contributed by atoms with Crippen LogP contribution in [-0.4, -0.2) is 16.9 Å². The van der Waals surface area contributed by atoms with E-state index in [4.69, 9.17) is 15.9 Å². The molecule has 0 aliphatic carbocycles. The van der Waals surface area contributed by atoms with Gasteiger partial charge in [-0.05, 0) is 27.0 Å². The zero-order valence-electron chi connectivity index (χ0n) is 11.0. The molecule has 0 spiro atoms. The molecule has 0 aromatic carbocycles. The van der Waals surface area contributed by atoms with E-state index in [0.717, 1.165) is 6.42 Å². The van der Waals surface area contributed by atoms with Gasteiger partial charge in [-0.15, -0.1) is 10.2 Å². The topological polar surface area (TPSA) is 103 Å². The smallest absolute Gasteiger partial charge is 0.270 e. The predicted molar refractivity (Wildman–Crippen MR) is 71.6 cm³/mol. The first-order valence-electron chi connectivity index (χ1n) is 5.66. The molecule has 18 heavy (non-hydrogen) atoms. The standard InChI is InChI=1S/C12H19N5O/c1-5-6-7-12(2,3)11-17-16-10(18-11)8(15-4)9(13)14/h6-7H,4-5,13-14H2,1-3H3/b7-6-. The lowest BCUT2D eigenvalue weighted by Crippen LogP contribution is -2.14. The minimum absolute atomic E-state index is 0.00195. The van der Waals surface area contributed by atoms with Crippen LogP contribution in [0.25, 0.3) is 5.70 Å². The van der Waals surface area contributed by atoms with Gasteiger partial charge in [0.25, 0.3) is 5.89 Å². The molecule has 0 aliphatic rings. The summed E-state index contributed by atoms with van der Waals surface area (Å²) in [5.74, 6) is 0.657. The highest BCUT2D eigenvalue weighted by molar-refractivity contribution is 5.63. The molecule has 0 fully saturated rings. The number of nitrogens with two attached hydrogens (primary N) is 2. The first-order chi connectivity index (χ1) is 8.42. The van der Waals surface area contributed by atoms with Gasteiger partial charge in [-0.25, -0.2) is 0 Å². The molecule has 6 nitrogen and oxygen atoms in total. The summed E-state index contributed by atoms with van der Waals surface area (Å²) in [6.45, 7) is 9.39. The van der Waals surface area contributed by atoms with Gasteiger partial charge in [-0.1, -0.05) is 19.1 Å². The number of allylic oxidation sites excluding steroid dienone is 2. The normalized spacial score (nSPS) is 11.7. The second kappa shape index (κ2) is 5.48. The molecule has 1 aromatic rings. The summed E-state index contributed by atoms with van der Waals surface area (Å²) < 4.78 is 5.53. The summed E-state index contributed by atoms with van der Waals surface area (Å²) in [5, 5.41) is 7.87. The van der Waals surface area contributed by atoms with Crippen molar-refractivity contribution < 1.29 is 4.42 Å². The fourth-order valence-electron chi connectivity index (χ4n) is 1.35. The molecule has 1 heterocycles. The lowest BCUT2D eigenvalue weighted by Gasteiger charge is -2.14. The first-order valence-corrected chi connectivity index (χ1v) is 5.66. The molecule has 6 heteroatoms. The van der Waals surface area contributed by atoms with E-state index < -0.39 is 0 Å². The molecule has 0 saturated heterocycles. The highest BCUT2D eigenvalue weighted by Gasteiger charge is 2.25. The molecule has 0 aliphatic heterocycles. The van der Waals surface area contributed by atoms with Crippen molar-refractivity contribution in [2.24, 2.45) is 16.5 Å². The summed E-state index contributed by atoms with van der Waals surface area (Å²) in [6.07, 6.45) is 5.00. The van der Waals surface area contributed by atoms with Crippen LogP contribution in [0.1, 0.15) is 39.0 Å². The fourth-order valence-corrected chi connectivity index (χ4v) is 1.35. The maximum atomic E-state index is 5.53. The average Bonchev–Trinajstić information content (AvgIpc) is 2.77. The summed E-state index contributed by atoms with van der Waals surface area (Å²) in [7, 11) is 0. The molecule has 0 bridgehead atoms. The fraction of sp³-hybridized carbons (Fsp3) is 0.417. The van der Waals surface area contributed by atoms with Crippen molar-refractivity contribution in [2.75, 3.05) is 0 Å². The Hall–Kier alpha value is -2.11. The third-order valence-corrected chi connectivity index (χ3v) is 2.38. The molecule has 0 radical (unpaired) electrons. The molecule has 0 saturated carbocycles. The highest BCUT2D eigenvalue weighted by Crippen LogP contribution is 2.25. The molecule has 1 rings (SSSR count). The van der Waals surface area contributed by atoms with Crippen molar-refractivity contribution in [1.29, 1.82) is 0 Å². The van der Waals surface area contributed by atoms with E-state index in [0.29, 0.717) is 5.89 Å². The maximum Gasteiger partial charge on any atom is 0.270 e. The molecule has 0 atom stereocenters. The SMILES string of the molecule is C=NC(=C(N)N)c1nnc(C(C)(C)/C=C\CC)o1. The Labute approximate surface area is 106 Å². The van der Waals surface area contributed by atoms with Crippen LogP contribution in [0, 0.1) is 0 Å². The molecule has 0 amide bonds. The van der Waals surface area contributed by atoms with Gasteiger partial charge in [-0.2, -0.15) is 0 Å². The van der Waals surface area contributed by atoms with Crippen LogP contribution in [0.3, 0.4) is 0 Å². The van der Waals surface area contributed by atoms with E-state index in [1.165, 1.54) is 0 Å². The van der Waals surface area contributed by atoms with Gasteiger partial charge in [-0.3, -0.25) is 4.99 Å². The van der Waals surface area contributed by atoms with Crippen LogP contribution in [0.2, 0.25) is 0 Å². The van der Waals surface area contributed by atoms with Gasteiger partial charge in [0.15, 0.2) is 5.70 Å². The number of hydrogen-bond acceptors (Lipinski definition) is 6. The summed E-state index contributed by atoms with van der Waals surface area (Å²) in [6, 6.07) is 0. The van der Waals surface area contributed by atoms with Crippen LogP contribution < -0.4 is 11.5 Å². The Morgan fingerprint density at radius 2 is 2.11 bits per heavy atom.